The fourth-order valence-electron chi connectivity index (χ4n) is 2.74. The van der Waals surface area contributed by atoms with Crippen molar-refractivity contribution in [3.63, 3.8) is 0 Å². The maximum Gasteiger partial charge on any atom is 0.413 e. The number of hydrogen-bond donors (Lipinski definition) is 2. The topological polar surface area (TPSA) is 74.7 Å². The molecule has 0 bridgehead atoms. The number of β-amino-alcohol motifs (C(OH)–C–C–N with tert-alkyl or cyclic N) is 1. The number of aliphatic hydroxyl groups is 1. The van der Waals surface area contributed by atoms with Crippen LogP contribution < -0.4 is 5.32 Å². The van der Waals surface area contributed by atoms with Crippen molar-refractivity contribution in [3.05, 3.63) is 29.0 Å². The molecular formula is C16H21ClF3N3O3. The summed E-state index contributed by atoms with van der Waals surface area (Å²) in [7, 11) is 0. The zero-order valence-corrected chi connectivity index (χ0v) is 15.3. The zero-order chi connectivity index (χ0) is 19.7. The van der Waals surface area contributed by atoms with Crippen LogP contribution in [0.2, 0.25) is 5.15 Å². The van der Waals surface area contributed by atoms with Gasteiger partial charge >= 0.3 is 12.3 Å². The Morgan fingerprint density at radius 1 is 1.38 bits per heavy atom. The number of halogens is 4. The fourth-order valence-corrected chi connectivity index (χ4v) is 2.85. The highest BCUT2D eigenvalue weighted by atomic mass is 35.5. The summed E-state index contributed by atoms with van der Waals surface area (Å²) < 4.78 is 46.9. The first-order valence-electron chi connectivity index (χ1n) is 7.98. The van der Waals surface area contributed by atoms with Gasteiger partial charge in [0.15, 0.2) is 6.04 Å². The molecule has 2 heterocycles. The van der Waals surface area contributed by atoms with Gasteiger partial charge in [0.2, 0.25) is 0 Å². The second-order valence-corrected chi connectivity index (χ2v) is 7.43. The maximum atomic E-state index is 13.9. The number of carbonyl (C=O) groups is 1. The van der Waals surface area contributed by atoms with Gasteiger partial charge in [-0.25, -0.2) is 9.78 Å². The van der Waals surface area contributed by atoms with Crippen LogP contribution >= 0.6 is 11.6 Å². The lowest BCUT2D eigenvalue weighted by Gasteiger charge is -2.39. The van der Waals surface area contributed by atoms with E-state index >= 15 is 0 Å². The second-order valence-electron chi connectivity index (χ2n) is 7.04. The summed E-state index contributed by atoms with van der Waals surface area (Å²) in [4.78, 5) is 16.9. The molecule has 3 atom stereocenters. The van der Waals surface area contributed by atoms with E-state index in [0.29, 0.717) is 4.90 Å². The second kappa shape index (κ2) is 7.58. The van der Waals surface area contributed by atoms with Gasteiger partial charge in [0, 0.05) is 24.8 Å². The Hall–Kier alpha value is -1.58. The summed E-state index contributed by atoms with van der Waals surface area (Å²) in [6, 6.07) is -1.07. The summed E-state index contributed by atoms with van der Waals surface area (Å²) in [6.07, 6.45) is -6.17. The van der Waals surface area contributed by atoms with Crippen LogP contribution in [0.5, 0.6) is 0 Å². The molecule has 10 heteroatoms. The summed E-state index contributed by atoms with van der Waals surface area (Å²) in [6.45, 7) is 4.75. The standard InChI is InChI=1S/C16H21ClF3N3O3/c1-15(2,3)26-14(25)23(10-7-21-8-11(10)24)13(16(18,19)20)9-4-5-12(17)22-6-9/h4-6,10-11,13,21,24H,7-8H2,1-3H3/t10-,11-,13-/m1/s1. The van der Waals surface area contributed by atoms with E-state index in [1.165, 1.54) is 6.07 Å². The van der Waals surface area contributed by atoms with Crippen LogP contribution in [-0.4, -0.2) is 58.1 Å². The van der Waals surface area contributed by atoms with Crippen LogP contribution in [0.25, 0.3) is 0 Å². The molecule has 1 fully saturated rings. The molecule has 0 saturated carbocycles. The number of ether oxygens (including phenoxy) is 1. The fraction of sp³-hybridized carbons (Fsp3) is 0.625. The summed E-state index contributed by atoms with van der Waals surface area (Å²) in [5.41, 5.74) is -1.27. The molecule has 0 aromatic carbocycles. The highest BCUT2D eigenvalue weighted by Crippen LogP contribution is 2.40. The molecule has 2 N–H and O–H groups in total. The number of amides is 1. The maximum absolute atomic E-state index is 13.9. The molecule has 1 saturated heterocycles. The van der Waals surface area contributed by atoms with Crippen molar-refractivity contribution in [1.82, 2.24) is 15.2 Å². The predicted octanol–water partition coefficient (Wildman–Crippen LogP) is 2.91. The number of aliphatic hydroxyl groups excluding tert-OH is 1. The monoisotopic (exact) mass is 395 g/mol. The number of hydrogen-bond acceptors (Lipinski definition) is 5. The van der Waals surface area contributed by atoms with Crippen LogP contribution in [0.3, 0.4) is 0 Å². The molecule has 0 aliphatic carbocycles. The first-order chi connectivity index (χ1) is 11.9. The van der Waals surface area contributed by atoms with E-state index < -0.39 is 36.1 Å². The number of carbonyl (C=O) groups excluding carboxylic acids is 1. The third kappa shape index (κ3) is 4.99. The lowest BCUT2D eigenvalue weighted by Crippen LogP contribution is -2.53. The van der Waals surface area contributed by atoms with Gasteiger partial charge in [-0.3, -0.25) is 4.90 Å². The van der Waals surface area contributed by atoms with Gasteiger partial charge in [-0.2, -0.15) is 13.2 Å². The van der Waals surface area contributed by atoms with Crippen LogP contribution in [0.1, 0.15) is 32.4 Å². The van der Waals surface area contributed by atoms with E-state index in [0.717, 1.165) is 12.3 Å². The van der Waals surface area contributed by atoms with E-state index in [9.17, 15) is 23.1 Å². The first-order valence-corrected chi connectivity index (χ1v) is 8.36. The molecule has 1 aromatic rings. The number of nitrogens with one attached hydrogen (secondary N) is 1. The average molecular weight is 396 g/mol. The van der Waals surface area contributed by atoms with Crippen molar-refractivity contribution in [3.8, 4) is 0 Å². The van der Waals surface area contributed by atoms with Crippen molar-refractivity contribution in [1.29, 1.82) is 0 Å². The minimum Gasteiger partial charge on any atom is -0.444 e. The van der Waals surface area contributed by atoms with Crippen molar-refractivity contribution < 1.29 is 27.8 Å². The molecule has 146 valence electrons. The van der Waals surface area contributed by atoms with Crippen LogP contribution in [0, 0.1) is 0 Å². The quantitative estimate of drug-likeness (QED) is 0.770. The van der Waals surface area contributed by atoms with Gasteiger partial charge in [-0.1, -0.05) is 17.7 Å². The Bertz CT molecular complexity index is 634. The summed E-state index contributed by atoms with van der Waals surface area (Å²) >= 11 is 5.66. The van der Waals surface area contributed by atoms with E-state index in [4.69, 9.17) is 16.3 Å². The Morgan fingerprint density at radius 3 is 2.46 bits per heavy atom. The molecule has 0 radical (unpaired) electrons. The predicted molar refractivity (Wildman–Crippen MR) is 88.8 cm³/mol. The molecule has 0 unspecified atom stereocenters. The van der Waals surface area contributed by atoms with E-state index in [-0.39, 0.29) is 23.8 Å². The highest BCUT2D eigenvalue weighted by molar-refractivity contribution is 6.29. The Kier molecular flexibility index (Phi) is 6.04. The molecule has 1 aliphatic heterocycles. The number of rotatable bonds is 3. The SMILES string of the molecule is CC(C)(C)OC(=O)N([C@@H]1CNC[C@H]1O)[C@H](c1ccc(Cl)nc1)C(F)(F)F. The zero-order valence-electron chi connectivity index (χ0n) is 14.5. The third-order valence-corrected chi connectivity index (χ3v) is 3.99. The molecule has 2 rings (SSSR count). The van der Waals surface area contributed by atoms with Gasteiger partial charge in [-0.05, 0) is 26.8 Å². The third-order valence-electron chi connectivity index (χ3n) is 3.77. The van der Waals surface area contributed by atoms with E-state index in [1.807, 2.05) is 0 Å². The van der Waals surface area contributed by atoms with Gasteiger partial charge < -0.3 is 15.2 Å². The Labute approximate surface area is 154 Å². The molecular weight excluding hydrogens is 375 g/mol. The first kappa shape index (κ1) is 20.7. The molecule has 1 aromatic heterocycles. The van der Waals surface area contributed by atoms with Gasteiger partial charge in [0.25, 0.3) is 0 Å². The van der Waals surface area contributed by atoms with Crippen LogP contribution in [-0.2, 0) is 4.74 Å². The minimum atomic E-state index is -4.81. The molecule has 26 heavy (non-hydrogen) atoms. The highest BCUT2D eigenvalue weighted by Gasteiger charge is 2.52. The largest absolute Gasteiger partial charge is 0.444 e. The molecule has 6 nitrogen and oxygen atoms in total. The lowest BCUT2D eigenvalue weighted by atomic mass is 10.0. The molecule has 0 spiro atoms. The van der Waals surface area contributed by atoms with Crippen molar-refractivity contribution in [2.24, 2.45) is 0 Å². The Morgan fingerprint density at radius 2 is 2.04 bits per heavy atom. The number of aromatic nitrogens is 1. The van der Waals surface area contributed by atoms with Crippen molar-refractivity contribution in [2.45, 2.75) is 50.7 Å². The summed E-state index contributed by atoms with van der Waals surface area (Å²) in [5.74, 6) is 0. The van der Waals surface area contributed by atoms with Gasteiger partial charge in [-0.15, -0.1) is 0 Å². The number of nitrogens with zero attached hydrogens (tertiary/aromatic N) is 2. The smallest absolute Gasteiger partial charge is 0.413 e. The van der Waals surface area contributed by atoms with Crippen LogP contribution in [0.4, 0.5) is 18.0 Å². The Balaban J connectivity index is 2.50. The van der Waals surface area contributed by atoms with E-state index in [1.54, 1.807) is 20.8 Å². The summed E-state index contributed by atoms with van der Waals surface area (Å²) in [5, 5.41) is 12.9. The normalized spacial score (nSPS) is 22.2. The number of pyridine rings is 1. The molecule has 1 amide bonds. The van der Waals surface area contributed by atoms with Crippen molar-refractivity contribution >= 4 is 17.7 Å². The lowest BCUT2D eigenvalue weighted by molar-refractivity contribution is -0.191. The minimum absolute atomic E-state index is 0.00794. The van der Waals surface area contributed by atoms with Gasteiger partial charge in [0.05, 0.1) is 12.1 Å². The van der Waals surface area contributed by atoms with E-state index in [2.05, 4.69) is 10.3 Å². The van der Waals surface area contributed by atoms with Gasteiger partial charge in [0.1, 0.15) is 10.8 Å². The number of alkyl halides is 3. The molecule has 1 aliphatic rings. The van der Waals surface area contributed by atoms with Crippen molar-refractivity contribution in [2.75, 3.05) is 13.1 Å². The average Bonchev–Trinajstić information content (AvgIpc) is 2.88. The van der Waals surface area contributed by atoms with Crippen LogP contribution in [0.15, 0.2) is 18.3 Å².